The third-order valence-electron chi connectivity index (χ3n) is 5.74. The number of aromatic nitrogens is 2. The highest BCUT2D eigenvalue weighted by molar-refractivity contribution is 9.10. The normalized spacial score (nSPS) is 13.4. The van der Waals surface area contributed by atoms with Gasteiger partial charge in [-0.2, -0.15) is 0 Å². The van der Waals surface area contributed by atoms with Crippen LogP contribution < -0.4 is 5.46 Å². The van der Waals surface area contributed by atoms with Crippen molar-refractivity contribution in [2.75, 3.05) is 0 Å². The Kier molecular flexibility index (Phi) is 11.8. The summed E-state index contributed by atoms with van der Waals surface area (Å²) in [7, 11) is -4.33. The van der Waals surface area contributed by atoms with E-state index in [1.54, 1.807) is 18.5 Å². The van der Waals surface area contributed by atoms with Gasteiger partial charge in [0.2, 0.25) is 0 Å². The highest BCUT2D eigenvalue weighted by atomic mass is 79.9. The fraction of sp³-hybridized carbons (Fsp3) is 0.583. The second-order valence-corrected chi connectivity index (χ2v) is 19.5. The van der Waals surface area contributed by atoms with Crippen molar-refractivity contribution in [3.63, 3.8) is 0 Å². The van der Waals surface area contributed by atoms with Crippen LogP contribution in [0.15, 0.2) is 41.4 Å². The molecule has 34 heavy (non-hydrogen) atoms. The molecule has 0 amide bonds. The monoisotopic (exact) mass is 568 g/mol. The zero-order chi connectivity index (χ0) is 26.3. The summed E-state index contributed by atoms with van der Waals surface area (Å²) in [4.78, 5) is 8.20. The molecule has 0 aliphatic rings. The molecule has 6 nitrogen and oxygen atoms in total. The number of pyridine rings is 2. The Labute approximate surface area is 217 Å². The fourth-order valence-electron chi connectivity index (χ4n) is 2.83. The maximum atomic E-state index is 9.20. The summed E-state index contributed by atoms with van der Waals surface area (Å²) in [6, 6.07) is 3.81. The van der Waals surface area contributed by atoms with E-state index in [2.05, 4.69) is 99.7 Å². The Balaban J connectivity index is 0.000000342. The Morgan fingerprint density at radius 1 is 1.00 bits per heavy atom. The summed E-state index contributed by atoms with van der Waals surface area (Å²) in [5.74, 6) is 0. The molecule has 0 aliphatic carbocycles. The van der Waals surface area contributed by atoms with E-state index < -0.39 is 24.5 Å². The molecular weight excluding hydrogens is 527 g/mol. The first-order valence-corrected chi connectivity index (χ1v) is 18.1. The van der Waals surface area contributed by atoms with Gasteiger partial charge in [0.1, 0.15) is 0 Å². The first-order valence-electron chi connectivity index (χ1n) is 11.6. The van der Waals surface area contributed by atoms with E-state index >= 15 is 0 Å². The zero-order valence-corrected chi connectivity index (χ0v) is 26.1. The van der Waals surface area contributed by atoms with E-state index in [0.717, 1.165) is 15.6 Å². The summed E-state index contributed by atoms with van der Waals surface area (Å²) in [6.07, 6.45) is 6.77. The van der Waals surface area contributed by atoms with Crippen molar-refractivity contribution in [1.29, 1.82) is 0 Å². The summed E-state index contributed by atoms with van der Waals surface area (Å²) >= 11 is 3.42. The second kappa shape index (κ2) is 12.9. The molecule has 2 aromatic rings. The van der Waals surface area contributed by atoms with Crippen molar-refractivity contribution in [2.24, 2.45) is 5.41 Å². The van der Waals surface area contributed by atoms with Crippen LogP contribution in [0.1, 0.15) is 58.8 Å². The standard InChI is InChI=1S/C12H22BNO3Si.C12H20BrNOSi/c1-12(2,3)11(17-18(4)5)9-6-10(13(15)16)8-14-7-9;1-12(2,3)16(4,5)15-9-10-6-11(13)8-14-7-10/h6-8,11,15-16,18H,1-5H3;6-8H,9H2,1-5H3. The average Bonchev–Trinajstić information content (AvgIpc) is 2.69. The predicted octanol–water partition coefficient (Wildman–Crippen LogP) is 5.21. The quantitative estimate of drug-likeness (QED) is 0.446. The highest BCUT2D eigenvalue weighted by Gasteiger charge is 2.37. The number of hydrogen-bond acceptors (Lipinski definition) is 6. The maximum absolute atomic E-state index is 9.20. The second-order valence-electron chi connectivity index (χ2n) is 11.4. The summed E-state index contributed by atoms with van der Waals surface area (Å²) in [5, 5.41) is 18.7. The average molecular weight is 569 g/mol. The first-order chi connectivity index (χ1) is 15.4. The topological polar surface area (TPSA) is 84.7 Å². The molecule has 0 spiro atoms. The Morgan fingerprint density at radius 2 is 1.59 bits per heavy atom. The van der Waals surface area contributed by atoms with Gasteiger partial charge in [0.05, 0.1) is 12.7 Å². The molecule has 2 N–H and O–H groups in total. The lowest BCUT2D eigenvalue weighted by Gasteiger charge is -2.36. The largest absolute Gasteiger partial charge is 0.490 e. The van der Waals surface area contributed by atoms with E-state index in [1.165, 1.54) is 6.20 Å². The van der Waals surface area contributed by atoms with Crippen molar-refractivity contribution in [1.82, 2.24) is 9.97 Å². The first kappa shape index (κ1) is 31.1. The Morgan fingerprint density at radius 3 is 2.06 bits per heavy atom. The van der Waals surface area contributed by atoms with Crippen LogP contribution in [0.3, 0.4) is 0 Å². The van der Waals surface area contributed by atoms with Crippen molar-refractivity contribution in [3.8, 4) is 0 Å². The van der Waals surface area contributed by atoms with Crippen molar-refractivity contribution >= 4 is 45.9 Å². The summed E-state index contributed by atoms with van der Waals surface area (Å²) in [6.45, 7) is 22.5. The number of nitrogens with zero attached hydrogens (tertiary/aromatic N) is 2. The van der Waals surface area contributed by atoms with Crippen LogP contribution in [0.2, 0.25) is 31.2 Å². The van der Waals surface area contributed by atoms with Crippen molar-refractivity contribution in [3.05, 3.63) is 52.5 Å². The molecule has 0 saturated heterocycles. The van der Waals surface area contributed by atoms with E-state index in [0.29, 0.717) is 12.1 Å². The Hall–Kier alpha value is -0.881. The molecule has 2 rings (SSSR count). The molecule has 0 aliphatic heterocycles. The van der Waals surface area contributed by atoms with E-state index in [4.69, 9.17) is 8.85 Å². The minimum atomic E-state index is -1.65. The third-order valence-corrected chi connectivity index (χ3v) is 11.5. The van der Waals surface area contributed by atoms with Gasteiger partial charge in [-0.25, -0.2) is 0 Å². The van der Waals surface area contributed by atoms with Crippen LogP contribution in [0, 0.1) is 5.41 Å². The van der Waals surface area contributed by atoms with Gasteiger partial charge in [0.15, 0.2) is 17.4 Å². The minimum Gasteiger partial charge on any atom is -0.423 e. The zero-order valence-electron chi connectivity index (χ0n) is 22.4. The van der Waals surface area contributed by atoms with Crippen LogP contribution in [0.5, 0.6) is 0 Å². The van der Waals surface area contributed by atoms with Gasteiger partial charge in [-0.05, 0) is 69.8 Å². The van der Waals surface area contributed by atoms with Crippen molar-refractivity contribution in [2.45, 2.75) is 85.5 Å². The molecule has 2 heterocycles. The fourth-order valence-corrected chi connectivity index (χ4v) is 5.31. The molecular formula is C24H42BBrN2O4Si2. The number of rotatable bonds is 7. The van der Waals surface area contributed by atoms with Crippen LogP contribution >= 0.6 is 15.9 Å². The smallest absolute Gasteiger partial charge is 0.423 e. The molecule has 1 unspecified atom stereocenters. The van der Waals surface area contributed by atoms with Crippen LogP contribution in [0.25, 0.3) is 0 Å². The van der Waals surface area contributed by atoms with E-state index in [-0.39, 0.29) is 16.6 Å². The van der Waals surface area contributed by atoms with E-state index in [1.807, 2.05) is 6.20 Å². The molecule has 190 valence electrons. The lowest BCUT2D eigenvalue weighted by atomic mass is 9.78. The number of hydrogen-bond donors (Lipinski definition) is 2. The molecule has 0 radical (unpaired) electrons. The molecule has 0 saturated carbocycles. The number of halogens is 1. The SMILES string of the molecule is CC(C)(C)[Si](C)(C)OCc1cncc(Br)c1.C[SiH](C)OC(c1cncc(B(O)O)c1)C(C)(C)C. The highest BCUT2D eigenvalue weighted by Crippen LogP contribution is 2.37. The Bertz CT molecular complexity index is 903. The van der Waals surface area contributed by atoms with Gasteiger partial charge >= 0.3 is 7.12 Å². The third kappa shape index (κ3) is 10.4. The van der Waals surface area contributed by atoms with Gasteiger partial charge in [-0.3, -0.25) is 9.97 Å². The van der Waals surface area contributed by atoms with Crippen molar-refractivity contribution < 1.29 is 18.9 Å². The van der Waals surface area contributed by atoms with Gasteiger partial charge in [0.25, 0.3) is 0 Å². The van der Waals surface area contributed by atoms with Gasteiger partial charge in [0, 0.05) is 34.7 Å². The molecule has 0 bridgehead atoms. The van der Waals surface area contributed by atoms with Gasteiger partial charge < -0.3 is 18.9 Å². The minimum absolute atomic E-state index is 0.0576. The lowest BCUT2D eigenvalue weighted by molar-refractivity contribution is 0.0863. The van der Waals surface area contributed by atoms with Gasteiger partial charge in [-0.1, -0.05) is 47.6 Å². The predicted molar refractivity (Wildman–Crippen MR) is 150 cm³/mol. The van der Waals surface area contributed by atoms with Crippen LogP contribution in [0.4, 0.5) is 0 Å². The van der Waals surface area contributed by atoms with Gasteiger partial charge in [-0.15, -0.1) is 0 Å². The molecule has 10 heteroatoms. The summed E-state index contributed by atoms with van der Waals surface area (Å²) in [5.41, 5.74) is 2.36. The summed E-state index contributed by atoms with van der Waals surface area (Å²) < 4.78 is 13.2. The van der Waals surface area contributed by atoms with E-state index in [9.17, 15) is 10.0 Å². The van der Waals surface area contributed by atoms with Crippen LogP contribution in [-0.2, 0) is 15.5 Å². The van der Waals surface area contributed by atoms with Crippen LogP contribution in [-0.4, -0.2) is 44.5 Å². The lowest BCUT2D eigenvalue weighted by Crippen LogP contribution is -2.40. The molecule has 0 aromatic carbocycles. The molecule has 1 atom stereocenters. The maximum Gasteiger partial charge on any atom is 0.490 e. The molecule has 2 aromatic heterocycles. The molecule has 0 fully saturated rings.